The molecule has 4 rings (SSSR count). The molecule has 1 aromatic carbocycles. The second-order valence-electron chi connectivity index (χ2n) is 7.92. The summed E-state index contributed by atoms with van der Waals surface area (Å²) in [5.41, 5.74) is 1.67. The quantitative estimate of drug-likeness (QED) is 0.429. The highest BCUT2D eigenvalue weighted by atomic mass is 32.2. The lowest BCUT2D eigenvalue weighted by molar-refractivity contribution is -0.387. The SMILES string of the molecule is Cc1ccn(C(=O)c2ccc(Sc3nncn3C)c([N+](=O)[O-])c2)c(=NC2CCCCC2)c1. The van der Waals surface area contributed by atoms with E-state index < -0.39 is 4.92 Å². The topological polar surface area (TPSA) is 108 Å². The monoisotopic (exact) mass is 452 g/mol. The predicted octanol–water partition coefficient (Wildman–Crippen LogP) is 3.91. The zero-order valence-corrected chi connectivity index (χ0v) is 18.8. The molecular weight excluding hydrogens is 428 g/mol. The van der Waals surface area contributed by atoms with E-state index in [1.165, 1.54) is 23.4 Å². The van der Waals surface area contributed by atoms with E-state index in [0.29, 0.717) is 15.5 Å². The molecule has 0 saturated heterocycles. The van der Waals surface area contributed by atoms with Gasteiger partial charge in [-0.1, -0.05) is 19.3 Å². The minimum absolute atomic E-state index is 0.151. The highest BCUT2D eigenvalue weighted by Gasteiger charge is 2.21. The van der Waals surface area contributed by atoms with Crippen molar-refractivity contribution in [3.05, 3.63) is 69.6 Å². The van der Waals surface area contributed by atoms with Crippen molar-refractivity contribution in [3.63, 3.8) is 0 Å². The third kappa shape index (κ3) is 4.80. The number of rotatable bonds is 5. The van der Waals surface area contributed by atoms with Gasteiger partial charge in [-0.3, -0.25) is 24.5 Å². The Bertz CT molecular complexity index is 1230. The molecule has 0 bridgehead atoms. The van der Waals surface area contributed by atoms with Crippen LogP contribution in [0.5, 0.6) is 0 Å². The van der Waals surface area contributed by atoms with Gasteiger partial charge < -0.3 is 4.57 Å². The maximum atomic E-state index is 13.3. The summed E-state index contributed by atoms with van der Waals surface area (Å²) < 4.78 is 3.16. The molecule has 2 aromatic heterocycles. The molecule has 9 nitrogen and oxygen atoms in total. The van der Waals surface area contributed by atoms with Crippen LogP contribution in [0.1, 0.15) is 48.0 Å². The normalized spacial score (nSPS) is 15.1. The number of nitrogens with zero attached hydrogens (tertiary/aromatic N) is 6. The largest absolute Gasteiger partial charge is 0.311 e. The Morgan fingerprint density at radius 1 is 1.22 bits per heavy atom. The number of hydrogen-bond acceptors (Lipinski definition) is 7. The van der Waals surface area contributed by atoms with E-state index in [4.69, 9.17) is 4.99 Å². The molecule has 32 heavy (non-hydrogen) atoms. The minimum Gasteiger partial charge on any atom is -0.311 e. The standard InChI is InChI=1S/C22H24N6O3S/c1-15-10-11-27(20(12-15)24-17-6-4-3-5-7-17)21(29)16-8-9-19(18(13-16)28(30)31)32-22-25-23-14-26(22)2/h8-14,17H,3-7H2,1-2H3. The summed E-state index contributed by atoms with van der Waals surface area (Å²) in [4.78, 5) is 29.8. The molecule has 1 aliphatic carbocycles. The first-order valence-electron chi connectivity index (χ1n) is 10.5. The molecule has 166 valence electrons. The Hall–Kier alpha value is -3.27. The second kappa shape index (κ2) is 9.47. The van der Waals surface area contributed by atoms with Crippen molar-refractivity contribution in [2.75, 3.05) is 0 Å². The van der Waals surface area contributed by atoms with E-state index in [1.54, 1.807) is 29.9 Å². The molecule has 1 saturated carbocycles. The highest BCUT2D eigenvalue weighted by molar-refractivity contribution is 7.99. The molecule has 1 aliphatic rings. The number of aryl methyl sites for hydroxylation is 2. The number of hydrogen-bond donors (Lipinski definition) is 0. The van der Waals surface area contributed by atoms with Crippen LogP contribution in [0, 0.1) is 17.0 Å². The van der Waals surface area contributed by atoms with Crippen LogP contribution < -0.4 is 5.49 Å². The van der Waals surface area contributed by atoms with Crippen LogP contribution in [0.4, 0.5) is 5.69 Å². The van der Waals surface area contributed by atoms with Gasteiger partial charge in [0.15, 0.2) is 5.16 Å². The number of carbonyl (C=O) groups is 1. The van der Waals surface area contributed by atoms with Crippen LogP contribution in [0.2, 0.25) is 0 Å². The first kappa shape index (κ1) is 21.9. The fourth-order valence-corrected chi connectivity index (χ4v) is 4.59. The number of aromatic nitrogens is 4. The van der Waals surface area contributed by atoms with E-state index in [9.17, 15) is 14.9 Å². The van der Waals surface area contributed by atoms with Crippen molar-refractivity contribution >= 4 is 23.4 Å². The first-order chi connectivity index (χ1) is 15.4. The molecule has 0 spiro atoms. The molecule has 0 atom stereocenters. The van der Waals surface area contributed by atoms with Crippen LogP contribution in [0.15, 0.2) is 57.9 Å². The molecule has 10 heteroatoms. The maximum absolute atomic E-state index is 13.3. The molecule has 0 aliphatic heterocycles. The van der Waals surface area contributed by atoms with Gasteiger partial charge >= 0.3 is 0 Å². The van der Waals surface area contributed by atoms with Crippen LogP contribution in [0.25, 0.3) is 0 Å². The number of carbonyl (C=O) groups excluding carboxylic acids is 1. The van der Waals surface area contributed by atoms with Gasteiger partial charge in [-0.25, -0.2) is 0 Å². The summed E-state index contributed by atoms with van der Waals surface area (Å²) in [6, 6.07) is 8.43. The molecule has 0 unspecified atom stereocenters. The number of benzene rings is 1. The fourth-order valence-electron chi connectivity index (χ4n) is 3.74. The number of nitro benzene ring substituents is 1. The number of pyridine rings is 1. The van der Waals surface area contributed by atoms with Gasteiger partial charge in [-0.15, -0.1) is 10.2 Å². The van der Waals surface area contributed by atoms with E-state index in [2.05, 4.69) is 10.2 Å². The minimum atomic E-state index is -0.484. The van der Waals surface area contributed by atoms with Crippen LogP contribution in [-0.2, 0) is 7.05 Å². The Labute approximate surface area is 189 Å². The molecular formula is C22H24N6O3S. The summed E-state index contributed by atoms with van der Waals surface area (Å²) in [6.45, 7) is 1.96. The maximum Gasteiger partial charge on any atom is 0.284 e. The lowest BCUT2D eigenvalue weighted by Crippen LogP contribution is -2.29. The van der Waals surface area contributed by atoms with Gasteiger partial charge in [0, 0.05) is 24.9 Å². The van der Waals surface area contributed by atoms with Gasteiger partial charge in [-0.05, 0) is 61.4 Å². The van der Waals surface area contributed by atoms with Gasteiger partial charge in [-0.2, -0.15) is 0 Å². The van der Waals surface area contributed by atoms with Crippen molar-refractivity contribution in [3.8, 4) is 0 Å². The summed E-state index contributed by atoms with van der Waals surface area (Å²) >= 11 is 1.13. The smallest absolute Gasteiger partial charge is 0.284 e. The lowest BCUT2D eigenvalue weighted by Gasteiger charge is -2.18. The fraction of sp³-hybridized carbons (Fsp3) is 0.364. The Kier molecular flexibility index (Phi) is 6.50. The number of nitro groups is 1. The van der Waals surface area contributed by atoms with Gasteiger partial charge in [0.25, 0.3) is 11.6 Å². The average Bonchev–Trinajstić information content (AvgIpc) is 3.18. The average molecular weight is 453 g/mol. The summed E-state index contributed by atoms with van der Waals surface area (Å²) in [7, 11) is 1.76. The van der Waals surface area contributed by atoms with Gasteiger partial charge in [0.05, 0.1) is 15.9 Å². The van der Waals surface area contributed by atoms with Crippen molar-refractivity contribution in [1.82, 2.24) is 19.3 Å². The van der Waals surface area contributed by atoms with E-state index in [1.807, 2.05) is 19.1 Å². The van der Waals surface area contributed by atoms with Gasteiger partial charge in [0.2, 0.25) is 0 Å². The first-order valence-corrected chi connectivity index (χ1v) is 11.3. The third-order valence-corrected chi connectivity index (χ3v) is 6.59. The molecule has 3 aromatic rings. The van der Waals surface area contributed by atoms with Crippen LogP contribution in [-0.4, -0.2) is 36.2 Å². The molecule has 0 radical (unpaired) electrons. The van der Waals surface area contributed by atoms with Crippen molar-refractivity contribution in [2.45, 2.75) is 55.1 Å². The highest BCUT2D eigenvalue weighted by Crippen LogP contribution is 2.34. The summed E-state index contributed by atoms with van der Waals surface area (Å²) in [6.07, 6.45) is 8.75. The second-order valence-corrected chi connectivity index (χ2v) is 8.93. The van der Waals surface area contributed by atoms with Crippen molar-refractivity contribution < 1.29 is 9.72 Å². The molecule has 0 N–H and O–H groups in total. The van der Waals surface area contributed by atoms with E-state index in [-0.39, 0.29) is 23.2 Å². The Balaban J connectivity index is 1.70. The van der Waals surface area contributed by atoms with E-state index >= 15 is 0 Å². The summed E-state index contributed by atoms with van der Waals surface area (Å²) in [5.74, 6) is -0.349. The van der Waals surface area contributed by atoms with Crippen LogP contribution >= 0.6 is 11.8 Å². The summed E-state index contributed by atoms with van der Waals surface area (Å²) in [5, 5.41) is 20.0. The van der Waals surface area contributed by atoms with Gasteiger partial charge in [0.1, 0.15) is 11.8 Å². The Morgan fingerprint density at radius 2 is 2.00 bits per heavy atom. The third-order valence-electron chi connectivity index (χ3n) is 5.47. The van der Waals surface area contributed by atoms with Crippen molar-refractivity contribution in [2.24, 2.45) is 12.0 Å². The molecule has 0 amide bonds. The Morgan fingerprint density at radius 3 is 2.69 bits per heavy atom. The van der Waals surface area contributed by atoms with Crippen LogP contribution in [0.3, 0.4) is 0 Å². The molecule has 2 heterocycles. The van der Waals surface area contributed by atoms with E-state index in [0.717, 1.165) is 43.0 Å². The zero-order chi connectivity index (χ0) is 22.7. The lowest BCUT2D eigenvalue weighted by atomic mass is 9.96. The molecule has 1 fully saturated rings. The van der Waals surface area contributed by atoms with Crippen molar-refractivity contribution in [1.29, 1.82) is 0 Å². The predicted molar refractivity (Wildman–Crippen MR) is 120 cm³/mol. The zero-order valence-electron chi connectivity index (χ0n) is 18.0.